The summed E-state index contributed by atoms with van der Waals surface area (Å²) in [6.07, 6.45) is 6.52. The van der Waals surface area contributed by atoms with Crippen molar-refractivity contribution in [2.45, 2.75) is 45.1 Å². The molecule has 16 heavy (non-hydrogen) atoms. The fraction of sp³-hybridized carbons (Fsp3) is 0.923. The lowest BCUT2D eigenvalue weighted by atomic mass is 9.48. The summed E-state index contributed by atoms with van der Waals surface area (Å²) < 4.78 is 0. The molecule has 0 heterocycles. The Morgan fingerprint density at radius 2 is 1.94 bits per heavy atom. The standard InChI is InChI=1S/C13H22N2O/c1-8(16)15-7-13-4-9-2-10(5-13)12(14)11(3-9)6-13/h9-12H,2-7,14H2,1H3,(H,15,16)/t9?,10?,11?,12-,13-. The first-order valence-electron chi connectivity index (χ1n) is 6.58. The second kappa shape index (κ2) is 3.46. The van der Waals surface area contributed by atoms with Crippen molar-refractivity contribution in [1.82, 2.24) is 5.32 Å². The molecule has 3 nitrogen and oxygen atoms in total. The van der Waals surface area contributed by atoms with Gasteiger partial charge in [0.25, 0.3) is 0 Å². The summed E-state index contributed by atoms with van der Waals surface area (Å²) in [5, 5.41) is 3.04. The van der Waals surface area contributed by atoms with Crippen LogP contribution in [0, 0.1) is 23.2 Å². The first kappa shape index (κ1) is 10.6. The van der Waals surface area contributed by atoms with E-state index in [1.54, 1.807) is 6.92 Å². The predicted molar refractivity (Wildman–Crippen MR) is 62.6 cm³/mol. The summed E-state index contributed by atoms with van der Waals surface area (Å²) in [6, 6.07) is 0.446. The van der Waals surface area contributed by atoms with E-state index in [2.05, 4.69) is 5.32 Å². The van der Waals surface area contributed by atoms with E-state index >= 15 is 0 Å². The Labute approximate surface area is 97.2 Å². The fourth-order valence-electron chi connectivity index (χ4n) is 4.76. The molecule has 4 fully saturated rings. The topological polar surface area (TPSA) is 55.1 Å². The van der Waals surface area contributed by atoms with Crippen molar-refractivity contribution in [3.63, 3.8) is 0 Å². The molecule has 3 heteroatoms. The van der Waals surface area contributed by atoms with E-state index in [1.165, 1.54) is 32.1 Å². The van der Waals surface area contributed by atoms with Gasteiger partial charge in [-0.2, -0.15) is 0 Å². The van der Waals surface area contributed by atoms with Gasteiger partial charge in [0.15, 0.2) is 0 Å². The van der Waals surface area contributed by atoms with Gasteiger partial charge in [-0.05, 0) is 55.3 Å². The van der Waals surface area contributed by atoms with Crippen LogP contribution in [0.2, 0.25) is 0 Å². The molecule has 0 aromatic rings. The van der Waals surface area contributed by atoms with E-state index in [0.29, 0.717) is 11.5 Å². The van der Waals surface area contributed by atoms with Gasteiger partial charge in [0.05, 0.1) is 0 Å². The first-order valence-corrected chi connectivity index (χ1v) is 6.58. The van der Waals surface area contributed by atoms with Crippen LogP contribution >= 0.6 is 0 Å². The minimum absolute atomic E-state index is 0.111. The molecule has 90 valence electrons. The van der Waals surface area contributed by atoms with Gasteiger partial charge >= 0.3 is 0 Å². The number of amides is 1. The monoisotopic (exact) mass is 222 g/mol. The molecule has 0 aromatic carbocycles. The maximum Gasteiger partial charge on any atom is 0.216 e. The van der Waals surface area contributed by atoms with Crippen molar-refractivity contribution in [3.05, 3.63) is 0 Å². The average Bonchev–Trinajstić information content (AvgIpc) is 2.22. The van der Waals surface area contributed by atoms with Crippen LogP contribution in [0.15, 0.2) is 0 Å². The zero-order valence-electron chi connectivity index (χ0n) is 10.0. The van der Waals surface area contributed by atoms with Crippen molar-refractivity contribution in [2.24, 2.45) is 28.9 Å². The maximum atomic E-state index is 11.1. The number of hydrogen-bond acceptors (Lipinski definition) is 2. The number of nitrogens with one attached hydrogen (secondary N) is 1. The van der Waals surface area contributed by atoms with Crippen LogP contribution < -0.4 is 11.1 Å². The second-order valence-electron chi connectivity index (χ2n) is 6.46. The van der Waals surface area contributed by atoms with Gasteiger partial charge in [0.1, 0.15) is 0 Å². The Balaban J connectivity index is 1.75. The number of carbonyl (C=O) groups excluding carboxylic acids is 1. The van der Waals surface area contributed by atoms with Gasteiger partial charge in [0, 0.05) is 19.5 Å². The largest absolute Gasteiger partial charge is 0.356 e. The third kappa shape index (κ3) is 1.56. The molecule has 2 atom stereocenters. The highest BCUT2D eigenvalue weighted by Gasteiger charge is 2.54. The summed E-state index contributed by atoms with van der Waals surface area (Å²) >= 11 is 0. The Hall–Kier alpha value is -0.570. The molecular weight excluding hydrogens is 200 g/mol. The van der Waals surface area contributed by atoms with E-state index in [0.717, 1.165) is 24.3 Å². The lowest BCUT2D eigenvalue weighted by Crippen LogP contribution is -2.59. The highest BCUT2D eigenvalue weighted by molar-refractivity contribution is 5.72. The molecule has 1 amide bonds. The average molecular weight is 222 g/mol. The Morgan fingerprint density at radius 3 is 2.50 bits per heavy atom. The van der Waals surface area contributed by atoms with Crippen molar-refractivity contribution >= 4 is 5.91 Å². The van der Waals surface area contributed by atoms with Crippen LogP contribution in [-0.4, -0.2) is 18.5 Å². The fourth-order valence-corrected chi connectivity index (χ4v) is 4.76. The summed E-state index contributed by atoms with van der Waals surface area (Å²) in [6.45, 7) is 2.50. The zero-order valence-corrected chi connectivity index (χ0v) is 10.0. The van der Waals surface area contributed by atoms with Gasteiger partial charge in [-0.1, -0.05) is 0 Å². The minimum Gasteiger partial charge on any atom is -0.356 e. The third-order valence-electron chi connectivity index (χ3n) is 5.19. The maximum absolute atomic E-state index is 11.1. The Bertz CT molecular complexity index is 299. The molecule has 0 aliphatic heterocycles. The Kier molecular flexibility index (Phi) is 2.29. The van der Waals surface area contributed by atoms with Crippen LogP contribution in [0.4, 0.5) is 0 Å². The van der Waals surface area contributed by atoms with Crippen LogP contribution in [-0.2, 0) is 4.79 Å². The molecule has 4 aliphatic rings. The number of nitrogens with two attached hydrogens (primary N) is 1. The van der Waals surface area contributed by atoms with Gasteiger partial charge in [0.2, 0.25) is 5.91 Å². The van der Waals surface area contributed by atoms with Gasteiger partial charge in [-0.25, -0.2) is 0 Å². The number of rotatable bonds is 2. The molecule has 4 bridgehead atoms. The van der Waals surface area contributed by atoms with Gasteiger partial charge < -0.3 is 11.1 Å². The molecule has 3 N–H and O–H groups in total. The molecule has 0 spiro atoms. The quantitative estimate of drug-likeness (QED) is 0.739. The molecule has 0 radical (unpaired) electrons. The number of hydrogen-bond donors (Lipinski definition) is 2. The lowest BCUT2D eigenvalue weighted by Gasteiger charge is -2.59. The summed E-state index contributed by atoms with van der Waals surface area (Å²) in [5.74, 6) is 2.48. The molecule has 4 rings (SSSR count). The highest BCUT2D eigenvalue weighted by atomic mass is 16.1. The molecule has 4 saturated carbocycles. The van der Waals surface area contributed by atoms with E-state index in [-0.39, 0.29) is 5.91 Å². The van der Waals surface area contributed by atoms with Crippen LogP contribution in [0.5, 0.6) is 0 Å². The molecule has 4 aliphatic carbocycles. The Morgan fingerprint density at radius 1 is 1.31 bits per heavy atom. The van der Waals surface area contributed by atoms with Crippen molar-refractivity contribution in [3.8, 4) is 0 Å². The van der Waals surface area contributed by atoms with Crippen molar-refractivity contribution in [1.29, 1.82) is 0 Å². The molecule has 0 aromatic heterocycles. The normalized spacial score (nSPS) is 49.4. The zero-order chi connectivity index (χ0) is 11.3. The first-order chi connectivity index (χ1) is 7.58. The second-order valence-corrected chi connectivity index (χ2v) is 6.46. The van der Waals surface area contributed by atoms with Crippen LogP contribution in [0.25, 0.3) is 0 Å². The van der Waals surface area contributed by atoms with Crippen molar-refractivity contribution in [2.75, 3.05) is 6.54 Å². The van der Waals surface area contributed by atoms with E-state index in [1.807, 2.05) is 0 Å². The highest BCUT2D eigenvalue weighted by Crippen LogP contribution is 2.59. The summed E-state index contributed by atoms with van der Waals surface area (Å²) in [5.41, 5.74) is 6.70. The summed E-state index contributed by atoms with van der Waals surface area (Å²) in [4.78, 5) is 11.1. The molecule has 2 unspecified atom stereocenters. The smallest absolute Gasteiger partial charge is 0.216 e. The van der Waals surface area contributed by atoms with Crippen LogP contribution in [0.3, 0.4) is 0 Å². The molecular formula is C13H22N2O. The van der Waals surface area contributed by atoms with Crippen molar-refractivity contribution < 1.29 is 4.79 Å². The van der Waals surface area contributed by atoms with E-state index in [9.17, 15) is 4.79 Å². The molecule has 0 saturated heterocycles. The number of carbonyl (C=O) groups is 1. The third-order valence-corrected chi connectivity index (χ3v) is 5.19. The van der Waals surface area contributed by atoms with Crippen LogP contribution in [0.1, 0.15) is 39.0 Å². The van der Waals surface area contributed by atoms with Gasteiger partial charge in [-0.3, -0.25) is 4.79 Å². The predicted octanol–water partition coefficient (Wildman–Crippen LogP) is 1.28. The van der Waals surface area contributed by atoms with Gasteiger partial charge in [-0.15, -0.1) is 0 Å². The minimum atomic E-state index is 0.111. The SMILES string of the molecule is CC(=O)NC[C@]12CC3CC(C1)[C@@H](N)C(C3)C2. The van der Waals surface area contributed by atoms with E-state index in [4.69, 9.17) is 5.73 Å². The van der Waals surface area contributed by atoms with E-state index < -0.39 is 0 Å². The lowest BCUT2D eigenvalue weighted by molar-refractivity contribution is -0.121. The summed E-state index contributed by atoms with van der Waals surface area (Å²) in [7, 11) is 0.